The number of rotatable bonds is 7. The van der Waals surface area contributed by atoms with Gasteiger partial charge in [0.05, 0.1) is 12.6 Å². The third kappa shape index (κ3) is 7.79. The van der Waals surface area contributed by atoms with Gasteiger partial charge in [0, 0.05) is 12.6 Å². The zero-order chi connectivity index (χ0) is 18.3. The molecule has 5 nitrogen and oxygen atoms in total. The first-order chi connectivity index (χ1) is 11.1. The Kier molecular flexibility index (Phi) is 7.70. The molecule has 136 valence electrons. The highest BCUT2D eigenvalue weighted by atomic mass is 16.6. The number of hydrogen-bond acceptors (Lipinski definition) is 4. The molecule has 5 heteroatoms. The Morgan fingerprint density at radius 2 is 1.79 bits per heavy atom. The summed E-state index contributed by atoms with van der Waals surface area (Å²) in [5.74, 6) is 0.273. The second-order valence-electron chi connectivity index (χ2n) is 7.70. The van der Waals surface area contributed by atoms with Crippen molar-refractivity contribution in [1.82, 2.24) is 4.90 Å². The molecule has 3 N–H and O–H groups in total. The van der Waals surface area contributed by atoms with Crippen molar-refractivity contribution < 1.29 is 14.6 Å². The van der Waals surface area contributed by atoms with E-state index in [-0.39, 0.29) is 12.5 Å². The van der Waals surface area contributed by atoms with Crippen LogP contribution in [0.5, 0.6) is 0 Å². The number of amides is 1. The topological polar surface area (TPSA) is 75.8 Å². The Balaban J connectivity index is 2.68. The Morgan fingerprint density at radius 3 is 2.29 bits per heavy atom. The predicted octanol–water partition coefficient (Wildman–Crippen LogP) is 2.81. The first kappa shape index (κ1) is 20.5. The van der Waals surface area contributed by atoms with E-state index in [0.717, 1.165) is 5.56 Å². The van der Waals surface area contributed by atoms with Gasteiger partial charge in [0.25, 0.3) is 0 Å². The van der Waals surface area contributed by atoms with Crippen LogP contribution < -0.4 is 5.73 Å². The van der Waals surface area contributed by atoms with E-state index in [1.54, 1.807) is 4.90 Å². The van der Waals surface area contributed by atoms with Gasteiger partial charge in [-0.05, 0) is 38.7 Å². The molecule has 0 unspecified atom stereocenters. The minimum atomic E-state index is -0.809. The second kappa shape index (κ2) is 9.04. The minimum absolute atomic E-state index is 0.168. The predicted molar refractivity (Wildman–Crippen MR) is 96.8 cm³/mol. The summed E-state index contributed by atoms with van der Waals surface area (Å²) in [7, 11) is 0. The number of nitrogens with zero attached hydrogens (tertiary/aromatic N) is 1. The summed E-state index contributed by atoms with van der Waals surface area (Å²) in [5.41, 5.74) is 6.63. The number of ether oxygens (including phenoxy) is 1. The Morgan fingerprint density at radius 1 is 1.21 bits per heavy atom. The van der Waals surface area contributed by atoms with E-state index in [9.17, 15) is 9.90 Å². The fourth-order valence-electron chi connectivity index (χ4n) is 2.37. The molecule has 0 saturated carbocycles. The highest BCUT2D eigenvalue weighted by Gasteiger charge is 2.26. The van der Waals surface area contributed by atoms with Crippen LogP contribution >= 0.6 is 0 Å². The zero-order valence-corrected chi connectivity index (χ0v) is 15.5. The molecule has 0 radical (unpaired) electrons. The molecular formula is C19H32N2O3. The normalized spacial score (nSPS) is 14.3. The summed E-state index contributed by atoms with van der Waals surface area (Å²) in [5, 5.41) is 10.4. The average Bonchev–Trinajstić information content (AvgIpc) is 2.45. The monoisotopic (exact) mass is 336 g/mol. The molecule has 2 atom stereocenters. The summed E-state index contributed by atoms with van der Waals surface area (Å²) < 4.78 is 5.43. The number of carbonyl (C=O) groups is 1. The minimum Gasteiger partial charge on any atom is -0.444 e. The molecule has 0 aliphatic carbocycles. The molecule has 0 saturated heterocycles. The maximum Gasteiger partial charge on any atom is 0.410 e. The lowest BCUT2D eigenvalue weighted by Crippen LogP contribution is -2.48. The van der Waals surface area contributed by atoms with E-state index in [4.69, 9.17) is 10.5 Å². The number of benzene rings is 1. The van der Waals surface area contributed by atoms with Crippen LogP contribution in [0.15, 0.2) is 30.3 Å². The van der Waals surface area contributed by atoms with Gasteiger partial charge in [-0.3, -0.25) is 0 Å². The first-order valence-electron chi connectivity index (χ1n) is 8.54. The van der Waals surface area contributed by atoms with Crippen molar-refractivity contribution in [2.45, 2.75) is 58.8 Å². The highest BCUT2D eigenvalue weighted by molar-refractivity contribution is 5.68. The quantitative estimate of drug-likeness (QED) is 0.803. The second-order valence-corrected chi connectivity index (χ2v) is 7.70. The summed E-state index contributed by atoms with van der Waals surface area (Å²) in [4.78, 5) is 13.9. The van der Waals surface area contributed by atoms with Crippen LogP contribution in [-0.4, -0.2) is 46.9 Å². The van der Waals surface area contributed by atoms with E-state index < -0.39 is 23.8 Å². The number of aliphatic hydroxyl groups excluding tert-OH is 1. The van der Waals surface area contributed by atoms with Crippen molar-refractivity contribution in [2.24, 2.45) is 11.7 Å². The third-order valence-corrected chi connectivity index (χ3v) is 3.45. The van der Waals surface area contributed by atoms with E-state index in [2.05, 4.69) is 0 Å². The molecule has 0 spiro atoms. The lowest BCUT2D eigenvalue weighted by Gasteiger charge is -2.31. The van der Waals surface area contributed by atoms with Gasteiger partial charge in [-0.1, -0.05) is 44.2 Å². The smallest absolute Gasteiger partial charge is 0.410 e. The van der Waals surface area contributed by atoms with Crippen LogP contribution in [0.25, 0.3) is 0 Å². The van der Waals surface area contributed by atoms with Crippen LogP contribution in [0.4, 0.5) is 4.79 Å². The molecule has 1 aromatic rings. The molecule has 0 bridgehead atoms. The van der Waals surface area contributed by atoms with E-state index in [1.807, 2.05) is 65.0 Å². The zero-order valence-electron chi connectivity index (χ0n) is 15.5. The van der Waals surface area contributed by atoms with E-state index >= 15 is 0 Å². The van der Waals surface area contributed by atoms with Crippen molar-refractivity contribution in [1.29, 1.82) is 0 Å². The molecular weight excluding hydrogens is 304 g/mol. The summed E-state index contributed by atoms with van der Waals surface area (Å²) in [6.07, 6.45) is -0.662. The van der Waals surface area contributed by atoms with Crippen molar-refractivity contribution >= 4 is 6.09 Å². The lowest BCUT2D eigenvalue weighted by atomic mass is 10.0. The Labute approximate surface area is 145 Å². The molecule has 0 aliphatic heterocycles. The maximum absolute atomic E-state index is 12.4. The van der Waals surface area contributed by atoms with Gasteiger partial charge < -0.3 is 20.5 Å². The van der Waals surface area contributed by atoms with Gasteiger partial charge >= 0.3 is 6.09 Å². The maximum atomic E-state index is 12.4. The van der Waals surface area contributed by atoms with Gasteiger partial charge in [0.1, 0.15) is 5.60 Å². The summed E-state index contributed by atoms with van der Waals surface area (Å²) in [6.45, 7) is 10.2. The van der Waals surface area contributed by atoms with Gasteiger partial charge in [-0.15, -0.1) is 0 Å². The van der Waals surface area contributed by atoms with Crippen LogP contribution in [0, 0.1) is 5.92 Å². The molecule has 1 aromatic carbocycles. The van der Waals surface area contributed by atoms with E-state index in [1.165, 1.54) is 0 Å². The standard InChI is InChI=1S/C19H32N2O3/c1-14(2)12-21(18(23)24-19(3,4)5)13-17(22)16(20)11-15-9-7-6-8-10-15/h6-10,14,16-17,22H,11-13,20H2,1-5H3/t16-,17+/m0/s1. The molecule has 0 aromatic heterocycles. The lowest BCUT2D eigenvalue weighted by molar-refractivity contribution is 0.00943. The Hall–Kier alpha value is -1.59. The SMILES string of the molecule is CC(C)CN(C[C@@H](O)[C@@H](N)Cc1ccccc1)C(=O)OC(C)(C)C. The van der Waals surface area contributed by atoms with Crippen molar-refractivity contribution in [3.05, 3.63) is 35.9 Å². The van der Waals surface area contributed by atoms with Gasteiger partial charge in [-0.25, -0.2) is 4.79 Å². The highest BCUT2D eigenvalue weighted by Crippen LogP contribution is 2.13. The molecule has 0 heterocycles. The Bertz CT molecular complexity index is 497. The van der Waals surface area contributed by atoms with Crippen LogP contribution in [-0.2, 0) is 11.2 Å². The van der Waals surface area contributed by atoms with Crippen molar-refractivity contribution in [3.8, 4) is 0 Å². The van der Waals surface area contributed by atoms with Crippen LogP contribution in [0.3, 0.4) is 0 Å². The number of carbonyl (C=O) groups excluding carboxylic acids is 1. The number of hydrogen-bond donors (Lipinski definition) is 2. The van der Waals surface area contributed by atoms with Gasteiger partial charge in [0.15, 0.2) is 0 Å². The molecule has 1 amide bonds. The average molecular weight is 336 g/mol. The van der Waals surface area contributed by atoms with Gasteiger partial charge in [0.2, 0.25) is 0 Å². The largest absolute Gasteiger partial charge is 0.444 e. The molecule has 1 rings (SSSR count). The number of aliphatic hydroxyl groups is 1. The summed E-state index contributed by atoms with van der Waals surface area (Å²) in [6, 6.07) is 9.35. The molecule has 0 fully saturated rings. The number of nitrogens with two attached hydrogens (primary N) is 1. The fraction of sp³-hybridized carbons (Fsp3) is 0.632. The van der Waals surface area contributed by atoms with E-state index in [0.29, 0.717) is 13.0 Å². The molecule has 24 heavy (non-hydrogen) atoms. The molecule has 0 aliphatic rings. The fourth-order valence-corrected chi connectivity index (χ4v) is 2.37. The first-order valence-corrected chi connectivity index (χ1v) is 8.54. The van der Waals surface area contributed by atoms with Gasteiger partial charge in [-0.2, -0.15) is 0 Å². The van der Waals surface area contributed by atoms with Crippen molar-refractivity contribution in [2.75, 3.05) is 13.1 Å². The van der Waals surface area contributed by atoms with Crippen LogP contribution in [0.1, 0.15) is 40.2 Å². The summed E-state index contributed by atoms with van der Waals surface area (Å²) >= 11 is 0. The van der Waals surface area contributed by atoms with Crippen LogP contribution in [0.2, 0.25) is 0 Å². The third-order valence-electron chi connectivity index (χ3n) is 3.45. The van der Waals surface area contributed by atoms with Crippen molar-refractivity contribution in [3.63, 3.8) is 0 Å².